The molecule has 1 heterocycles. The first-order valence-corrected chi connectivity index (χ1v) is 10.7. The number of piperidine rings is 1. The zero-order chi connectivity index (χ0) is 19.5. The lowest BCUT2D eigenvalue weighted by atomic mass is 9.77. The van der Waals surface area contributed by atoms with Crippen molar-refractivity contribution in [3.8, 4) is 5.75 Å². The zero-order valence-electron chi connectivity index (χ0n) is 15.8. The van der Waals surface area contributed by atoms with Crippen molar-refractivity contribution >= 4 is 27.6 Å². The van der Waals surface area contributed by atoms with Crippen LogP contribution in [0.5, 0.6) is 5.75 Å². The number of halogens is 1. The molecule has 2 aromatic rings. The van der Waals surface area contributed by atoms with Gasteiger partial charge in [-0.2, -0.15) is 0 Å². The van der Waals surface area contributed by atoms with Gasteiger partial charge < -0.3 is 9.64 Å². The van der Waals surface area contributed by atoms with E-state index in [9.17, 15) is 9.59 Å². The number of Topliss-reactive ketones (excluding diaryl/α,β-unsaturated/α-hetero) is 1. The number of benzene rings is 2. The molecule has 2 fully saturated rings. The zero-order valence-corrected chi connectivity index (χ0v) is 17.4. The molecule has 0 unspecified atom stereocenters. The number of likely N-dealkylation sites (tertiary alicyclic amines) is 1. The molecular formula is C23H24BrNO3. The highest BCUT2D eigenvalue weighted by molar-refractivity contribution is 9.10. The topological polar surface area (TPSA) is 46.6 Å². The smallest absolute Gasteiger partial charge is 0.254 e. The van der Waals surface area contributed by atoms with Gasteiger partial charge in [0.1, 0.15) is 18.1 Å². The van der Waals surface area contributed by atoms with Gasteiger partial charge in [-0.15, -0.1) is 0 Å². The van der Waals surface area contributed by atoms with E-state index in [0.29, 0.717) is 30.9 Å². The van der Waals surface area contributed by atoms with Crippen LogP contribution in [0.3, 0.4) is 0 Å². The Labute approximate surface area is 174 Å². The Morgan fingerprint density at radius 3 is 2.79 bits per heavy atom. The van der Waals surface area contributed by atoms with Gasteiger partial charge >= 0.3 is 0 Å². The normalized spacial score (nSPS) is 21.9. The van der Waals surface area contributed by atoms with Crippen LogP contribution in [0.4, 0.5) is 0 Å². The molecule has 0 bridgehead atoms. The Bertz CT molecular complexity index is 882. The Morgan fingerprint density at radius 2 is 1.93 bits per heavy atom. The minimum absolute atomic E-state index is 0.0344. The molecule has 1 saturated carbocycles. The first kappa shape index (κ1) is 19.2. The number of rotatable bonds is 4. The summed E-state index contributed by atoms with van der Waals surface area (Å²) in [5.41, 5.74) is 1.63. The van der Waals surface area contributed by atoms with Crippen molar-refractivity contribution in [2.24, 2.45) is 5.92 Å². The molecule has 2 atom stereocenters. The van der Waals surface area contributed by atoms with E-state index in [-0.39, 0.29) is 17.9 Å². The third-order valence-corrected chi connectivity index (χ3v) is 6.46. The van der Waals surface area contributed by atoms with Gasteiger partial charge in [0, 0.05) is 30.5 Å². The summed E-state index contributed by atoms with van der Waals surface area (Å²) in [5, 5.41) is 0. The van der Waals surface area contributed by atoms with Crippen LogP contribution in [-0.4, -0.2) is 29.2 Å². The molecular weight excluding hydrogens is 418 g/mol. The molecule has 2 aromatic carbocycles. The van der Waals surface area contributed by atoms with Crippen molar-refractivity contribution in [2.45, 2.75) is 44.8 Å². The van der Waals surface area contributed by atoms with E-state index in [4.69, 9.17) is 4.74 Å². The fourth-order valence-electron chi connectivity index (χ4n) is 4.38. The van der Waals surface area contributed by atoms with Gasteiger partial charge in [-0.25, -0.2) is 0 Å². The fraction of sp³-hybridized carbons (Fsp3) is 0.391. The summed E-state index contributed by atoms with van der Waals surface area (Å²) in [5.74, 6) is 1.18. The second-order valence-electron chi connectivity index (χ2n) is 7.59. The van der Waals surface area contributed by atoms with Gasteiger partial charge in [-0.3, -0.25) is 9.59 Å². The lowest BCUT2D eigenvalue weighted by molar-refractivity contribution is -0.129. The van der Waals surface area contributed by atoms with Crippen LogP contribution in [0.1, 0.15) is 48.0 Å². The lowest BCUT2D eigenvalue weighted by Gasteiger charge is -2.43. The quantitative estimate of drug-likeness (QED) is 0.670. The second kappa shape index (κ2) is 8.48. The number of para-hydroxylation sites is 1. The van der Waals surface area contributed by atoms with Crippen LogP contribution in [0.2, 0.25) is 0 Å². The number of ether oxygens (including phenoxy) is 1. The lowest BCUT2D eigenvalue weighted by Crippen LogP contribution is -2.53. The first-order chi connectivity index (χ1) is 13.6. The number of hydrogen-bond acceptors (Lipinski definition) is 3. The second-order valence-corrected chi connectivity index (χ2v) is 8.45. The summed E-state index contributed by atoms with van der Waals surface area (Å²) in [4.78, 5) is 27.4. The Kier molecular flexibility index (Phi) is 5.81. The average Bonchev–Trinajstić information content (AvgIpc) is 2.73. The monoisotopic (exact) mass is 441 g/mol. The van der Waals surface area contributed by atoms with Crippen LogP contribution < -0.4 is 4.74 Å². The number of nitrogens with zero attached hydrogens (tertiary/aromatic N) is 1. The van der Waals surface area contributed by atoms with Gasteiger partial charge in [0.05, 0.1) is 4.47 Å². The summed E-state index contributed by atoms with van der Waals surface area (Å²) < 4.78 is 6.79. The van der Waals surface area contributed by atoms with Crippen LogP contribution in [0, 0.1) is 5.92 Å². The van der Waals surface area contributed by atoms with Crippen molar-refractivity contribution in [1.29, 1.82) is 0 Å². The van der Waals surface area contributed by atoms with Crippen LogP contribution >= 0.6 is 15.9 Å². The number of hydrogen-bond donors (Lipinski definition) is 0. The maximum atomic E-state index is 13.2. The molecule has 0 radical (unpaired) electrons. The summed E-state index contributed by atoms with van der Waals surface area (Å²) in [6, 6.07) is 15.4. The maximum Gasteiger partial charge on any atom is 0.254 e. The highest BCUT2D eigenvalue weighted by Gasteiger charge is 2.40. The predicted molar refractivity (Wildman–Crippen MR) is 111 cm³/mol. The number of amides is 1. The van der Waals surface area contributed by atoms with E-state index in [1.807, 2.05) is 53.4 Å². The van der Waals surface area contributed by atoms with Crippen LogP contribution in [-0.2, 0) is 11.4 Å². The predicted octanol–water partition coefficient (Wildman–Crippen LogP) is 5.00. The Hall–Kier alpha value is -2.14. The molecule has 1 saturated heterocycles. The molecule has 0 N–H and O–H groups in total. The van der Waals surface area contributed by atoms with Crippen LogP contribution in [0.25, 0.3) is 0 Å². The molecule has 146 valence electrons. The molecule has 4 nitrogen and oxygen atoms in total. The van der Waals surface area contributed by atoms with E-state index in [2.05, 4.69) is 15.9 Å². The van der Waals surface area contributed by atoms with Gasteiger partial charge in [-0.05, 0) is 58.6 Å². The van der Waals surface area contributed by atoms with Gasteiger partial charge in [-0.1, -0.05) is 37.1 Å². The summed E-state index contributed by atoms with van der Waals surface area (Å²) >= 11 is 3.48. The molecule has 1 aliphatic heterocycles. The van der Waals surface area contributed by atoms with E-state index in [0.717, 1.165) is 41.5 Å². The van der Waals surface area contributed by atoms with Gasteiger partial charge in [0.25, 0.3) is 5.91 Å². The number of carbonyl (C=O) groups excluding carboxylic acids is 2. The standard InChI is InChI=1S/C23H24BrNO3/c24-19-9-2-4-11-22(19)28-15-16-6-5-7-17(14-16)23(27)25-13-12-21(26)18-8-1-3-10-20(18)25/h2,4-7,9,11,14,18,20H,1,3,8,10,12-13,15H2/t18-,20-/m0/s1. The van der Waals surface area contributed by atoms with Crippen molar-refractivity contribution in [3.05, 3.63) is 64.1 Å². The van der Waals surface area contributed by atoms with E-state index in [1.54, 1.807) is 0 Å². The molecule has 4 rings (SSSR count). The minimum Gasteiger partial charge on any atom is -0.488 e. The number of ketones is 1. The maximum absolute atomic E-state index is 13.2. The van der Waals surface area contributed by atoms with Crippen molar-refractivity contribution in [3.63, 3.8) is 0 Å². The fourth-order valence-corrected chi connectivity index (χ4v) is 4.78. The third kappa shape index (κ3) is 4.00. The molecule has 0 spiro atoms. The van der Waals surface area contributed by atoms with Crippen molar-refractivity contribution in [2.75, 3.05) is 6.54 Å². The third-order valence-electron chi connectivity index (χ3n) is 5.81. The van der Waals surface area contributed by atoms with Gasteiger partial charge in [0.15, 0.2) is 0 Å². The number of carbonyl (C=O) groups is 2. The van der Waals surface area contributed by atoms with E-state index < -0.39 is 0 Å². The first-order valence-electron chi connectivity index (χ1n) is 9.93. The van der Waals surface area contributed by atoms with Crippen molar-refractivity contribution in [1.82, 2.24) is 4.90 Å². The van der Waals surface area contributed by atoms with E-state index in [1.165, 1.54) is 0 Å². The van der Waals surface area contributed by atoms with Gasteiger partial charge in [0.2, 0.25) is 0 Å². The Balaban J connectivity index is 1.48. The molecule has 1 amide bonds. The molecule has 0 aromatic heterocycles. The average molecular weight is 442 g/mol. The molecule has 28 heavy (non-hydrogen) atoms. The minimum atomic E-state index is 0.0344. The largest absolute Gasteiger partial charge is 0.488 e. The molecule has 2 aliphatic rings. The number of fused-ring (bicyclic) bond motifs is 1. The summed E-state index contributed by atoms with van der Waals surface area (Å²) in [6.45, 7) is 0.935. The highest BCUT2D eigenvalue weighted by Crippen LogP contribution is 2.34. The van der Waals surface area contributed by atoms with E-state index >= 15 is 0 Å². The molecule has 5 heteroatoms. The highest BCUT2D eigenvalue weighted by atomic mass is 79.9. The summed E-state index contributed by atoms with van der Waals surface area (Å²) in [6.07, 6.45) is 4.53. The van der Waals surface area contributed by atoms with Crippen molar-refractivity contribution < 1.29 is 14.3 Å². The Morgan fingerprint density at radius 1 is 1.11 bits per heavy atom. The van der Waals surface area contributed by atoms with Crippen LogP contribution in [0.15, 0.2) is 53.0 Å². The SMILES string of the molecule is O=C1CCN(C(=O)c2cccc(COc3ccccc3Br)c2)[C@H]2CCCC[C@H]12. The molecule has 1 aliphatic carbocycles. The summed E-state index contributed by atoms with van der Waals surface area (Å²) in [7, 11) is 0.